The van der Waals surface area contributed by atoms with Crippen LogP contribution in [0, 0.1) is 0 Å². The number of piperidine rings is 1. The standard InChI is InChI=1S/C24H22F3N7O/c25-24(26,27)16-6-8-17(9-7-16)32-23(35)15-4-1-3-14(11-15)20-19-21(28)30-13-31-22(19)34(33-20)18-5-2-10-29-12-18/h1,3-4,6-9,11,13,18,29H,2,5,10,12H2,(H,32,35)(H2,28,30,31)/t18-/m1/s1. The summed E-state index contributed by atoms with van der Waals surface area (Å²) in [4.78, 5) is 21.4. The average molecular weight is 481 g/mol. The van der Waals surface area contributed by atoms with Crippen LogP contribution in [0.2, 0.25) is 0 Å². The molecule has 4 aromatic rings. The van der Waals surface area contributed by atoms with Gasteiger partial charge >= 0.3 is 6.18 Å². The van der Waals surface area contributed by atoms with E-state index in [4.69, 9.17) is 10.8 Å². The molecule has 1 aliphatic rings. The van der Waals surface area contributed by atoms with Gasteiger partial charge in [0.05, 0.1) is 17.0 Å². The van der Waals surface area contributed by atoms with Gasteiger partial charge in [0.1, 0.15) is 17.8 Å². The Hall–Kier alpha value is -3.99. The molecule has 8 nitrogen and oxygen atoms in total. The minimum absolute atomic E-state index is 0.112. The summed E-state index contributed by atoms with van der Waals surface area (Å²) in [5.74, 6) is -0.171. The molecular formula is C24H22F3N7O. The third kappa shape index (κ3) is 4.54. The molecule has 1 amide bonds. The first-order chi connectivity index (χ1) is 16.8. The molecule has 1 atom stereocenters. The molecule has 1 fully saturated rings. The molecule has 4 N–H and O–H groups in total. The van der Waals surface area contributed by atoms with E-state index in [1.807, 2.05) is 10.7 Å². The van der Waals surface area contributed by atoms with E-state index in [9.17, 15) is 18.0 Å². The number of nitrogens with two attached hydrogens (primary N) is 1. The van der Waals surface area contributed by atoms with E-state index in [1.54, 1.807) is 18.2 Å². The number of aromatic nitrogens is 4. The van der Waals surface area contributed by atoms with Gasteiger partial charge in [0.2, 0.25) is 0 Å². The highest BCUT2D eigenvalue weighted by atomic mass is 19.4. The fourth-order valence-electron chi connectivity index (χ4n) is 4.25. The number of carbonyl (C=O) groups excluding carboxylic acids is 1. The number of anilines is 2. The summed E-state index contributed by atoms with van der Waals surface area (Å²) < 4.78 is 40.3. The summed E-state index contributed by atoms with van der Waals surface area (Å²) in [5, 5.41) is 11.4. The van der Waals surface area contributed by atoms with Crippen LogP contribution in [-0.2, 0) is 6.18 Å². The van der Waals surface area contributed by atoms with E-state index >= 15 is 0 Å². The van der Waals surface area contributed by atoms with Crippen molar-refractivity contribution in [2.75, 3.05) is 24.1 Å². The number of halogens is 3. The summed E-state index contributed by atoms with van der Waals surface area (Å²) >= 11 is 0. The number of benzene rings is 2. The van der Waals surface area contributed by atoms with Crippen LogP contribution >= 0.6 is 0 Å². The monoisotopic (exact) mass is 481 g/mol. The molecule has 11 heteroatoms. The van der Waals surface area contributed by atoms with E-state index < -0.39 is 17.6 Å². The SMILES string of the molecule is Nc1ncnc2c1c(-c1cccc(C(=O)Nc3ccc(C(F)(F)F)cc3)c1)nn2[C@@H]1CCCNC1. The predicted molar refractivity (Wildman–Crippen MR) is 126 cm³/mol. The number of nitrogen functional groups attached to an aromatic ring is 1. The molecule has 0 bridgehead atoms. The first-order valence-electron chi connectivity index (χ1n) is 11.1. The largest absolute Gasteiger partial charge is 0.416 e. The number of carbonyl (C=O) groups is 1. The quantitative estimate of drug-likeness (QED) is 0.402. The third-order valence-electron chi connectivity index (χ3n) is 6.00. The second-order valence-corrected chi connectivity index (χ2v) is 8.36. The zero-order valence-electron chi connectivity index (χ0n) is 18.5. The van der Waals surface area contributed by atoms with Crippen LogP contribution < -0.4 is 16.4 Å². The second-order valence-electron chi connectivity index (χ2n) is 8.36. The van der Waals surface area contributed by atoms with Gasteiger partial charge in [-0.3, -0.25) is 4.79 Å². The number of rotatable bonds is 4. The smallest absolute Gasteiger partial charge is 0.383 e. The summed E-state index contributed by atoms with van der Waals surface area (Å²) in [5.41, 5.74) is 7.83. The molecule has 0 unspecified atom stereocenters. The lowest BCUT2D eigenvalue weighted by molar-refractivity contribution is -0.137. The van der Waals surface area contributed by atoms with Gasteiger partial charge < -0.3 is 16.4 Å². The van der Waals surface area contributed by atoms with Gasteiger partial charge in [0, 0.05) is 23.4 Å². The van der Waals surface area contributed by atoms with Crippen molar-refractivity contribution in [1.82, 2.24) is 25.1 Å². The van der Waals surface area contributed by atoms with E-state index in [0.717, 1.165) is 38.1 Å². The summed E-state index contributed by atoms with van der Waals surface area (Å²) in [6.45, 7) is 1.71. The lowest BCUT2D eigenvalue weighted by Crippen LogP contribution is -2.32. The molecule has 1 saturated heterocycles. The van der Waals surface area contributed by atoms with Gasteiger partial charge in [-0.15, -0.1) is 0 Å². The van der Waals surface area contributed by atoms with Gasteiger partial charge in [-0.25, -0.2) is 14.6 Å². The number of nitrogens with one attached hydrogen (secondary N) is 2. The van der Waals surface area contributed by atoms with Crippen molar-refractivity contribution in [2.45, 2.75) is 25.1 Å². The van der Waals surface area contributed by atoms with Gasteiger partial charge in [-0.2, -0.15) is 18.3 Å². The van der Waals surface area contributed by atoms with E-state index in [1.165, 1.54) is 18.5 Å². The molecular weight excluding hydrogens is 459 g/mol. The summed E-state index contributed by atoms with van der Waals surface area (Å²) in [7, 11) is 0. The Morgan fingerprint density at radius 3 is 2.66 bits per heavy atom. The summed E-state index contributed by atoms with van der Waals surface area (Å²) in [6, 6.07) is 11.2. The second kappa shape index (κ2) is 8.99. The lowest BCUT2D eigenvalue weighted by Gasteiger charge is -2.23. The number of fused-ring (bicyclic) bond motifs is 1. The Kier molecular flexibility index (Phi) is 5.85. The molecule has 0 aliphatic carbocycles. The van der Waals surface area contributed by atoms with E-state index in [-0.39, 0.29) is 11.7 Å². The normalized spacial score (nSPS) is 16.4. The number of nitrogens with zero attached hydrogens (tertiary/aromatic N) is 4. The van der Waals surface area contributed by atoms with E-state index in [0.29, 0.717) is 33.7 Å². The van der Waals surface area contributed by atoms with Crippen molar-refractivity contribution >= 4 is 28.4 Å². The van der Waals surface area contributed by atoms with Crippen molar-refractivity contribution in [3.63, 3.8) is 0 Å². The van der Waals surface area contributed by atoms with E-state index in [2.05, 4.69) is 20.6 Å². The maximum atomic E-state index is 12.8. The number of hydrogen-bond donors (Lipinski definition) is 3. The third-order valence-corrected chi connectivity index (χ3v) is 6.00. The average Bonchev–Trinajstić information content (AvgIpc) is 3.26. The molecule has 0 radical (unpaired) electrons. The molecule has 3 heterocycles. The maximum Gasteiger partial charge on any atom is 0.416 e. The summed E-state index contributed by atoms with van der Waals surface area (Å²) in [6.07, 6.45) is -1.07. The fraction of sp³-hybridized carbons (Fsp3) is 0.250. The lowest BCUT2D eigenvalue weighted by atomic mass is 10.1. The van der Waals surface area contributed by atoms with Crippen molar-refractivity contribution in [2.24, 2.45) is 0 Å². The zero-order chi connectivity index (χ0) is 24.6. The van der Waals surface area contributed by atoms with Crippen molar-refractivity contribution in [1.29, 1.82) is 0 Å². The first-order valence-corrected chi connectivity index (χ1v) is 11.1. The minimum atomic E-state index is -4.44. The molecule has 35 heavy (non-hydrogen) atoms. The Morgan fingerprint density at radius 2 is 1.94 bits per heavy atom. The van der Waals surface area contributed by atoms with Crippen molar-refractivity contribution < 1.29 is 18.0 Å². The molecule has 0 spiro atoms. The fourth-order valence-corrected chi connectivity index (χ4v) is 4.25. The van der Waals surface area contributed by atoms with Gasteiger partial charge in [-0.1, -0.05) is 12.1 Å². The van der Waals surface area contributed by atoms with Gasteiger partial charge in [-0.05, 0) is 55.8 Å². The van der Waals surface area contributed by atoms with Crippen molar-refractivity contribution in [3.8, 4) is 11.3 Å². The minimum Gasteiger partial charge on any atom is -0.383 e. The number of hydrogen-bond acceptors (Lipinski definition) is 6. The Bertz CT molecular complexity index is 1380. The highest BCUT2D eigenvalue weighted by molar-refractivity contribution is 6.06. The van der Waals surface area contributed by atoms with Gasteiger partial charge in [0.25, 0.3) is 5.91 Å². The number of alkyl halides is 3. The molecule has 2 aromatic carbocycles. The van der Waals surface area contributed by atoms with Crippen LogP contribution in [0.1, 0.15) is 34.8 Å². The number of amides is 1. The molecule has 2 aromatic heterocycles. The van der Waals surface area contributed by atoms with Crippen molar-refractivity contribution in [3.05, 3.63) is 66.0 Å². The Labute approximate surface area is 198 Å². The molecule has 5 rings (SSSR count). The van der Waals surface area contributed by atoms with Crippen LogP contribution in [-0.4, -0.2) is 38.7 Å². The topological polar surface area (TPSA) is 111 Å². The molecule has 0 saturated carbocycles. The van der Waals surface area contributed by atoms with Crippen LogP contribution in [0.3, 0.4) is 0 Å². The van der Waals surface area contributed by atoms with Gasteiger partial charge in [0.15, 0.2) is 5.65 Å². The highest BCUT2D eigenvalue weighted by Gasteiger charge is 2.30. The first kappa shape index (κ1) is 22.8. The van der Waals surface area contributed by atoms with Crippen LogP contribution in [0.5, 0.6) is 0 Å². The highest BCUT2D eigenvalue weighted by Crippen LogP contribution is 2.33. The predicted octanol–water partition coefficient (Wildman–Crippen LogP) is 4.27. The molecule has 1 aliphatic heterocycles. The zero-order valence-corrected chi connectivity index (χ0v) is 18.5. The molecule has 180 valence electrons. The van der Waals surface area contributed by atoms with Crippen LogP contribution in [0.25, 0.3) is 22.3 Å². The Morgan fingerprint density at radius 1 is 1.14 bits per heavy atom. The Balaban J connectivity index is 1.47. The van der Waals surface area contributed by atoms with Crippen LogP contribution in [0.15, 0.2) is 54.9 Å². The van der Waals surface area contributed by atoms with Crippen LogP contribution in [0.4, 0.5) is 24.7 Å². The maximum absolute atomic E-state index is 12.8.